The fourth-order valence-electron chi connectivity index (χ4n) is 3.05. The van der Waals surface area contributed by atoms with Crippen LogP contribution in [0.15, 0.2) is 48.5 Å². The molecule has 0 saturated carbocycles. The van der Waals surface area contributed by atoms with Crippen molar-refractivity contribution in [1.82, 2.24) is 15.1 Å². The first-order valence-electron chi connectivity index (χ1n) is 10.3. The molecule has 1 atom stereocenters. The van der Waals surface area contributed by atoms with E-state index < -0.39 is 0 Å². The number of halogens is 1. The van der Waals surface area contributed by atoms with Crippen LogP contribution in [0.25, 0.3) is 10.6 Å². The second-order valence-electron chi connectivity index (χ2n) is 7.21. The summed E-state index contributed by atoms with van der Waals surface area (Å²) in [6.07, 6.45) is 0.925. The molecule has 0 spiro atoms. The van der Waals surface area contributed by atoms with Crippen molar-refractivity contribution < 1.29 is 14.3 Å². The maximum atomic E-state index is 13.1. The summed E-state index contributed by atoms with van der Waals surface area (Å²) in [5, 5.41) is 12.7. The van der Waals surface area contributed by atoms with E-state index in [9.17, 15) is 9.59 Å². The smallest absolute Gasteiger partial charge is 0.254 e. The third-order valence-corrected chi connectivity index (χ3v) is 6.18. The fourth-order valence-corrected chi connectivity index (χ4v) is 3.94. The van der Waals surface area contributed by atoms with E-state index in [1.54, 1.807) is 48.4 Å². The summed E-state index contributed by atoms with van der Waals surface area (Å²) in [7, 11) is 1.56. The lowest BCUT2D eigenvalue weighted by Crippen LogP contribution is -2.40. The maximum Gasteiger partial charge on any atom is 0.254 e. The first-order chi connectivity index (χ1) is 15.4. The molecule has 1 aromatic heterocycles. The number of carbonyl (C=O) groups excluding carboxylic acids is 2. The number of rotatable bonds is 9. The molecule has 9 heteroatoms. The van der Waals surface area contributed by atoms with E-state index in [4.69, 9.17) is 16.3 Å². The summed E-state index contributed by atoms with van der Waals surface area (Å²) in [5.41, 5.74) is 1.40. The van der Waals surface area contributed by atoms with Gasteiger partial charge in [0.2, 0.25) is 11.0 Å². The standard InChI is InChI=1S/C23H25ClN4O3S/c1-4-15(2)28(22(30)17-6-5-7-19(14-17)31-3)13-12-20(29)25-23-27-26-21(32-23)16-8-10-18(24)11-9-16/h5-11,14-15H,4,12-13H2,1-3H3,(H,25,27,29)/t15-/m0/s1. The van der Waals surface area contributed by atoms with Gasteiger partial charge < -0.3 is 15.0 Å². The average molecular weight is 473 g/mol. The van der Waals surface area contributed by atoms with Crippen LogP contribution in [-0.4, -0.2) is 46.6 Å². The van der Waals surface area contributed by atoms with Gasteiger partial charge in [-0.1, -0.05) is 48.1 Å². The molecule has 0 aliphatic carbocycles. The second-order valence-corrected chi connectivity index (χ2v) is 8.62. The van der Waals surface area contributed by atoms with Crippen LogP contribution in [0.2, 0.25) is 5.02 Å². The Hall–Kier alpha value is -2.97. The van der Waals surface area contributed by atoms with Gasteiger partial charge in [-0.15, -0.1) is 10.2 Å². The van der Waals surface area contributed by atoms with Crippen molar-refractivity contribution in [3.05, 3.63) is 59.1 Å². The van der Waals surface area contributed by atoms with Gasteiger partial charge in [0.15, 0.2) is 0 Å². The number of ether oxygens (including phenoxy) is 1. The lowest BCUT2D eigenvalue weighted by atomic mass is 10.1. The van der Waals surface area contributed by atoms with Crippen LogP contribution < -0.4 is 10.1 Å². The van der Waals surface area contributed by atoms with Crippen LogP contribution in [0.4, 0.5) is 5.13 Å². The number of hydrogen-bond donors (Lipinski definition) is 1. The Kier molecular flexibility index (Phi) is 8.19. The molecule has 0 fully saturated rings. The van der Waals surface area contributed by atoms with E-state index in [1.807, 2.05) is 26.0 Å². The lowest BCUT2D eigenvalue weighted by molar-refractivity contribution is -0.116. The maximum absolute atomic E-state index is 13.1. The monoisotopic (exact) mass is 472 g/mol. The van der Waals surface area contributed by atoms with Gasteiger partial charge >= 0.3 is 0 Å². The van der Waals surface area contributed by atoms with E-state index in [0.717, 1.165) is 12.0 Å². The topological polar surface area (TPSA) is 84.4 Å². The zero-order valence-electron chi connectivity index (χ0n) is 18.2. The van der Waals surface area contributed by atoms with E-state index >= 15 is 0 Å². The lowest BCUT2D eigenvalue weighted by Gasteiger charge is -2.28. The number of anilines is 1. The molecule has 1 N–H and O–H groups in total. The molecule has 2 aromatic carbocycles. The van der Waals surface area contributed by atoms with Crippen LogP contribution in [0.5, 0.6) is 5.75 Å². The second kappa shape index (κ2) is 11.1. The number of hydrogen-bond acceptors (Lipinski definition) is 6. The number of benzene rings is 2. The largest absolute Gasteiger partial charge is 0.497 e. The summed E-state index contributed by atoms with van der Waals surface area (Å²) in [6.45, 7) is 4.27. The van der Waals surface area contributed by atoms with Gasteiger partial charge in [-0.05, 0) is 43.7 Å². The van der Waals surface area contributed by atoms with Gasteiger partial charge in [-0.2, -0.15) is 0 Å². The molecular formula is C23H25ClN4O3S. The summed E-state index contributed by atoms with van der Waals surface area (Å²) in [4.78, 5) is 27.3. The molecule has 3 aromatic rings. The van der Waals surface area contributed by atoms with Crippen molar-refractivity contribution in [1.29, 1.82) is 0 Å². The van der Waals surface area contributed by atoms with Crippen molar-refractivity contribution in [3.63, 3.8) is 0 Å². The molecule has 0 bridgehead atoms. The molecule has 168 valence electrons. The summed E-state index contributed by atoms with van der Waals surface area (Å²) in [5.74, 6) is 0.257. The molecule has 7 nitrogen and oxygen atoms in total. The average Bonchev–Trinajstić information content (AvgIpc) is 3.27. The van der Waals surface area contributed by atoms with Crippen molar-refractivity contribution in [2.24, 2.45) is 0 Å². The number of aromatic nitrogens is 2. The quantitative estimate of drug-likeness (QED) is 0.466. The molecule has 2 amide bonds. The van der Waals surface area contributed by atoms with E-state index in [1.165, 1.54) is 11.3 Å². The van der Waals surface area contributed by atoms with Gasteiger partial charge in [0.05, 0.1) is 7.11 Å². The Morgan fingerprint density at radius 3 is 2.62 bits per heavy atom. The highest BCUT2D eigenvalue weighted by molar-refractivity contribution is 7.18. The minimum Gasteiger partial charge on any atom is -0.497 e. The number of amides is 2. The summed E-state index contributed by atoms with van der Waals surface area (Å²) >= 11 is 7.20. The predicted molar refractivity (Wildman–Crippen MR) is 127 cm³/mol. The minimum atomic E-state index is -0.226. The molecule has 0 unspecified atom stereocenters. The van der Waals surface area contributed by atoms with E-state index in [-0.39, 0.29) is 24.3 Å². The third kappa shape index (κ3) is 6.05. The fraction of sp³-hybridized carbons (Fsp3) is 0.304. The first-order valence-corrected chi connectivity index (χ1v) is 11.4. The number of methoxy groups -OCH3 is 1. The minimum absolute atomic E-state index is 0.0143. The van der Waals surface area contributed by atoms with Crippen LogP contribution in [0.3, 0.4) is 0 Å². The zero-order chi connectivity index (χ0) is 23.1. The van der Waals surface area contributed by atoms with Crippen LogP contribution >= 0.6 is 22.9 Å². The SMILES string of the molecule is CC[C@H](C)N(CCC(=O)Nc1nnc(-c2ccc(Cl)cc2)s1)C(=O)c1cccc(OC)c1. The highest BCUT2D eigenvalue weighted by Crippen LogP contribution is 2.27. The Balaban J connectivity index is 1.63. The summed E-state index contributed by atoms with van der Waals surface area (Å²) in [6, 6.07) is 14.3. The van der Waals surface area contributed by atoms with Gasteiger partial charge in [-0.3, -0.25) is 9.59 Å². The van der Waals surface area contributed by atoms with E-state index in [2.05, 4.69) is 15.5 Å². The predicted octanol–water partition coefficient (Wildman–Crippen LogP) is 5.14. The summed E-state index contributed by atoms with van der Waals surface area (Å²) < 4.78 is 5.22. The Bertz CT molecular complexity index is 1070. The highest BCUT2D eigenvalue weighted by Gasteiger charge is 2.22. The molecule has 1 heterocycles. The van der Waals surface area contributed by atoms with Crippen molar-refractivity contribution in [2.75, 3.05) is 19.0 Å². The molecule has 0 radical (unpaired) electrons. The zero-order valence-corrected chi connectivity index (χ0v) is 19.7. The number of nitrogens with one attached hydrogen (secondary N) is 1. The molecule has 32 heavy (non-hydrogen) atoms. The highest BCUT2D eigenvalue weighted by atomic mass is 35.5. The van der Waals surface area contributed by atoms with Crippen LogP contribution in [0.1, 0.15) is 37.0 Å². The third-order valence-electron chi connectivity index (χ3n) is 5.04. The molecule has 0 saturated heterocycles. The Morgan fingerprint density at radius 2 is 1.94 bits per heavy atom. The van der Waals surface area contributed by atoms with Crippen molar-refractivity contribution in [3.8, 4) is 16.3 Å². The first kappa shape index (κ1) is 23.7. The van der Waals surface area contributed by atoms with Crippen LogP contribution in [0, 0.1) is 0 Å². The Morgan fingerprint density at radius 1 is 1.19 bits per heavy atom. The van der Waals surface area contributed by atoms with E-state index in [0.29, 0.717) is 33.0 Å². The van der Waals surface area contributed by atoms with Crippen molar-refractivity contribution >= 4 is 39.9 Å². The molecular weight excluding hydrogens is 448 g/mol. The van der Waals surface area contributed by atoms with Gasteiger partial charge in [0, 0.05) is 35.2 Å². The van der Waals surface area contributed by atoms with Gasteiger partial charge in [0.25, 0.3) is 5.91 Å². The van der Waals surface area contributed by atoms with Gasteiger partial charge in [-0.25, -0.2) is 0 Å². The number of carbonyl (C=O) groups is 2. The van der Waals surface area contributed by atoms with Crippen molar-refractivity contribution in [2.45, 2.75) is 32.7 Å². The normalized spacial score (nSPS) is 11.6. The molecule has 0 aliphatic heterocycles. The molecule has 3 rings (SSSR count). The number of nitrogens with zero attached hydrogens (tertiary/aromatic N) is 3. The molecule has 0 aliphatic rings. The Labute approximate surface area is 196 Å². The van der Waals surface area contributed by atoms with Crippen LogP contribution in [-0.2, 0) is 4.79 Å². The van der Waals surface area contributed by atoms with Gasteiger partial charge in [0.1, 0.15) is 10.8 Å².